The Labute approximate surface area is 494 Å². The molecule has 0 bridgehead atoms. The topological polar surface area (TPSA) is 24.9 Å². The molecule has 0 N–H and O–H groups in total. The van der Waals surface area contributed by atoms with Gasteiger partial charge in [0.2, 0.25) is 0 Å². The summed E-state index contributed by atoms with van der Waals surface area (Å²) in [6.45, 7) is 15.2. The fourth-order valence-corrected chi connectivity index (χ4v) is 10.9. The van der Waals surface area contributed by atoms with Gasteiger partial charge in [-0.1, -0.05) is 225 Å². The highest BCUT2D eigenvalue weighted by molar-refractivity contribution is 5.81. The van der Waals surface area contributed by atoms with Gasteiger partial charge in [-0.05, 0) is 193 Å². The highest BCUT2D eigenvalue weighted by Gasteiger charge is 2.16. The monoisotopic (exact) mass is 1090 g/mol. The molecule has 4 heteroatoms. The first-order valence-electron chi connectivity index (χ1n) is 31.2. The van der Waals surface area contributed by atoms with E-state index in [1.807, 2.05) is 12.2 Å². The van der Waals surface area contributed by atoms with Gasteiger partial charge in [0.05, 0.1) is 13.2 Å². The molecule has 0 aliphatic rings. The number of nitrogens with zero attached hydrogens (tertiary/aromatic N) is 2. The molecule has 8 aromatic rings. The van der Waals surface area contributed by atoms with Gasteiger partial charge in [0.25, 0.3) is 0 Å². The van der Waals surface area contributed by atoms with Gasteiger partial charge in [0.15, 0.2) is 0 Å². The van der Waals surface area contributed by atoms with E-state index >= 15 is 0 Å². The Morgan fingerprint density at radius 1 is 0.280 bits per heavy atom. The molecule has 0 unspecified atom stereocenters. The Balaban J connectivity index is 0.903. The second-order valence-corrected chi connectivity index (χ2v) is 22.4. The minimum absolute atomic E-state index is 0.668. The molecule has 82 heavy (non-hydrogen) atoms. The molecule has 0 aliphatic heterocycles. The van der Waals surface area contributed by atoms with Crippen LogP contribution in [0.15, 0.2) is 207 Å². The molecular weight excluding hydrogens is 997 g/mol. The fourth-order valence-electron chi connectivity index (χ4n) is 10.9. The van der Waals surface area contributed by atoms with Gasteiger partial charge >= 0.3 is 0 Å². The summed E-state index contributed by atoms with van der Waals surface area (Å²) in [5.74, 6) is 0. The van der Waals surface area contributed by atoms with Crippen molar-refractivity contribution in [3.63, 3.8) is 0 Å². The van der Waals surface area contributed by atoms with E-state index in [9.17, 15) is 0 Å². The molecule has 0 spiro atoms. The van der Waals surface area contributed by atoms with E-state index in [2.05, 4.69) is 231 Å². The molecular formula is C78H92N2O2. The first-order valence-corrected chi connectivity index (χ1v) is 31.2. The van der Waals surface area contributed by atoms with E-state index in [-0.39, 0.29) is 0 Å². The Hall–Kier alpha value is -7.24. The lowest BCUT2D eigenvalue weighted by molar-refractivity contribution is 0.116. The first kappa shape index (κ1) is 60.8. The maximum Gasteiger partial charge on any atom is 0.0716 e. The molecule has 0 saturated carbocycles. The largest absolute Gasteiger partial charge is 0.377 e. The Bertz CT molecular complexity index is 2820. The van der Waals surface area contributed by atoms with Crippen molar-refractivity contribution in [2.45, 2.75) is 155 Å². The predicted octanol–water partition coefficient (Wildman–Crippen LogP) is 22.5. The van der Waals surface area contributed by atoms with Crippen LogP contribution in [-0.4, -0.2) is 13.2 Å². The zero-order valence-corrected chi connectivity index (χ0v) is 49.7. The van der Waals surface area contributed by atoms with Gasteiger partial charge < -0.3 is 19.3 Å². The van der Waals surface area contributed by atoms with Crippen LogP contribution >= 0.6 is 0 Å². The summed E-state index contributed by atoms with van der Waals surface area (Å²) in [6, 6.07) is 72.3. The Morgan fingerprint density at radius 3 is 0.793 bits per heavy atom. The van der Waals surface area contributed by atoms with Crippen molar-refractivity contribution in [2.24, 2.45) is 0 Å². The lowest BCUT2D eigenvalue weighted by Crippen LogP contribution is -2.10. The number of hydrogen-bond acceptors (Lipinski definition) is 4. The number of benzene rings is 8. The van der Waals surface area contributed by atoms with Crippen LogP contribution in [0.2, 0.25) is 0 Å². The number of unbranched alkanes of at least 4 members (excludes halogenated alkanes) is 12. The van der Waals surface area contributed by atoms with Crippen LogP contribution in [0.3, 0.4) is 0 Å². The van der Waals surface area contributed by atoms with Crippen molar-refractivity contribution < 1.29 is 9.47 Å². The van der Waals surface area contributed by atoms with E-state index in [0.29, 0.717) is 13.2 Å². The lowest BCUT2D eigenvalue weighted by atomic mass is 10.0. The van der Waals surface area contributed by atoms with Crippen LogP contribution in [0.5, 0.6) is 0 Å². The van der Waals surface area contributed by atoms with Crippen molar-refractivity contribution >= 4 is 46.3 Å². The average Bonchev–Trinajstić information content (AvgIpc) is 3.70. The number of hydrogen-bond donors (Lipinski definition) is 0. The Morgan fingerprint density at radius 2 is 0.524 bits per heavy atom. The molecule has 0 aliphatic carbocycles. The highest BCUT2D eigenvalue weighted by Crippen LogP contribution is 2.39. The third-order valence-electron chi connectivity index (χ3n) is 16.0. The summed E-state index contributed by atoms with van der Waals surface area (Å²) >= 11 is 0. The zero-order chi connectivity index (χ0) is 56.8. The van der Waals surface area contributed by atoms with Crippen molar-refractivity contribution in [3.05, 3.63) is 252 Å². The van der Waals surface area contributed by atoms with Crippen molar-refractivity contribution in [1.29, 1.82) is 0 Å². The molecule has 426 valence electrons. The molecule has 8 aromatic carbocycles. The molecule has 0 atom stereocenters. The second-order valence-electron chi connectivity index (χ2n) is 22.4. The molecule has 0 saturated heterocycles. The number of aryl methyl sites for hydroxylation is 4. The van der Waals surface area contributed by atoms with Crippen molar-refractivity contribution in [1.82, 2.24) is 0 Å². The number of rotatable bonds is 37. The van der Waals surface area contributed by atoms with Crippen LogP contribution in [-0.2, 0) is 48.4 Å². The van der Waals surface area contributed by atoms with Crippen LogP contribution in [0, 0.1) is 0 Å². The van der Waals surface area contributed by atoms with E-state index < -0.39 is 0 Å². The minimum Gasteiger partial charge on any atom is -0.377 e. The van der Waals surface area contributed by atoms with Gasteiger partial charge in [-0.15, -0.1) is 0 Å². The summed E-state index contributed by atoms with van der Waals surface area (Å²) in [6.07, 6.45) is 27.7. The summed E-state index contributed by atoms with van der Waals surface area (Å²) < 4.78 is 12.0. The highest BCUT2D eigenvalue weighted by atomic mass is 16.5. The van der Waals surface area contributed by atoms with Gasteiger partial charge in [-0.2, -0.15) is 0 Å². The van der Waals surface area contributed by atoms with E-state index in [1.165, 1.54) is 157 Å². The van der Waals surface area contributed by atoms with Gasteiger partial charge in [0, 0.05) is 47.3 Å². The molecule has 0 heterocycles. The SMILES string of the molecule is C=Cc1ccc(COCCCCCCc2ccc(N(c3ccc(CCCCCC)cc3)c3ccc(-c4ccc(N(c5ccc(CCCCCC)cc5)c5ccc(CCCCCCOCc6ccc(C=C)cc6)cc5)cc4)cc3)cc2)cc1. The Kier molecular flexibility index (Phi) is 25.4. The van der Waals surface area contributed by atoms with Crippen LogP contribution in [0.25, 0.3) is 23.3 Å². The number of anilines is 6. The van der Waals surface area contributed by atoms with Crippen molar-refractivity contribution in [2.75, 3.05) is 23.0 Å². The third kappa shape index (κ3) is 19.5. The zero-order valence-electron chi connectivity index (χ0n) is 49.7. The molecule has 4 nitrogen and oxygen atoms in total. The first-order chi connectivity index (χ1) is 40.5. The summed E-state index contributed by atoms with van der Waals surface area (Å²) in [7, 11) is 0. The van der Waals surface area contributed by atoms with Crippen LogP contribution < -0.4 is 9.80 Å². The van der Waals surface area contributed by atoms with E-state index in [1.54, 1.807) is 0 Å². The summed E-state index contributed by atoms with van der Waals surface area (Å²) in [5, 5.41) is 0. The van der Waals surface area contributed by atoms with E-state index in [0.717, 1.165) is 74.2 Å². The molecule has 8 rings (SSSR count). The minimum atomic E-state index is 0.668. The fraction of sp³-hybridized carbons (Fsp3) is 0.333. The molecule has 0 fully saturated rings. The summed E-state index contributed by atoms with van der Waals surface area (Å²) in [4.78, 5) is 4.82. The molecule has 0 amide bonds. The predicted molar refractivity (Wildman–Crippen MR) is 354 cm³/mol. The normalized spacial score (nSPS) is 11.2. The van der Waals surface area contributed by atoms with Crippen molar-refractivity contribution in [3.8, 4) is 11.1 Å². The smallest absolute Gasteiger partial charge is 0.0716 e. The summed E-state index contributed by atoms with van der Waals surface area (Å²) in [5.41, 5.74) is 19.7. The quantitative estimate of drug-likeness (QED) is 0.0362. The van der Waals surface area contributed by atoms with Gasteiger partial charge in [-0.25, -0.2) is 0 Å². The van der Waals surface area contributed by atoms with Crippen LogP contribution in [0.4, 0.5) is 34.1 Å². The van der Waals surface area contributed by atoms with Gasteiger partial charge in [0.1, 0.15) is 0 Å². The maximum absolute atomic E-state index is 5.98. The average molecular weight is 1090 g/mol. The standard InChI is InChI=1S/C78H92N2O2/c1-5-9-11-17-23-65-35-47-73(48-36-65)79(75-51-39-67(40-52-75)25-19-13-15-21-59-81-61-69-31-27-63(7-3)28-32-69)77-55-43-71(44-56-77)72-45-57-78(58-46-72)80(74-49-37-66(38-50-74)24-18-12-10-6-2)76-53-41-68(42-54-76)26-20-14-16-22-60-82-62-70-33-29-64(8-4)30-34-70/h7-8,27-58H,3-6,9-26,59-62H2,1-2H3. The maximum atomic E-state index is 5.98. The second kappa shape index (κ2) is 34.3. The van der Waals surface area contributed by atoms with Crippen LogP contribution in [0.1, 0.15) is 161 Å². The number of ether oxygens (including phenoxy) is 2. The third-order valence-corrected chi connectivity index (χ3v) is 16.0. The van der Waals surface area contributed by atoms with Gasteiger partial charge in [-0.3, -0.25) is 0 Å². The van der Waals surface area contributed by atoms with E-state index in [4.69, 9.17) is 9.47 Å². The molecule has 0 radical (unpaired) electrons. The lowest BCUT2D eigenvalue weighted by Gasteiger charge is -2.27. The molecule has 0 aromatic heterocycles.